The zero-order valence-corrected chi connectivity index (χ0v) is 15.4. The summed E-state index contributed by atoms with van der Waals surface area (Å²) in [7, 11) is 1.64. The maximum absolute atomic E-state index is 13.7. The number of piperazine rings is 1. The summed E-state index contributed by atoms with van der Waals surface area (Å²) in [5, 5.41) is 0. The van der Waals surface area contributed by atoms with E-state index in [0.29, 0.717) is 26.2 Å². The van der Waals surface area contributed by atoms with Gasteiger partial charge in [0.05, 0.1) is 18.4 Å². The van der Waals surface area contributed by atoms with Crippen molar-refractivity contribution >= 4 is 17.4 Å². The molecule has 0 aromatic heterocycles. The molecular formula is C21H23FN2O3. The molecule has 1 aliphatic rings. The third-order valence-corrected chi connectivity index (χ3v) is 4.80. The van der Waals surface area contributed by atoms with E-state index in [-0.39, 0.29) is 30.1 Å². The summed E-state index contributed by atoms with van der Waals surface area (Å²) in [6, 6.07) is 13.7. The zero-order chi connectivity index (χ0) is 19.2. The molecule has 0 spiro atoms. The van der Waals surface area contributed by atoms with Gasteiger partial charge in [0.25, 0.3) is 0 Å². The number of Topliss-reactive ketones (excluding diaryl/α,β-unsaturated/α-hetero) is 1. The first-order valence-corrected chi connectivity index (χ1v) is 9.03. The van der Waals surface area contributed by atoms with Gasteiger partial charge >= 0.3 is 0 Å². The van der Waals surface area contributed by atoms with Crippen LogP contribution in [0.15, 0.2) is 48.5 Å². The van der Waals surface area contributed by atoms with Gasteiger partial charge in [-0.1, -0.05) is 24.3 Å². The van der Waals surface area contributed by atoms with E-state index in [2.05, 4.69) is 4.90 Å². The van der Waals surface area contributed by atoms with Gasteiger partial charge in [0.1, 0.15) is 11.6 Å². The van der Waals surface area contributed by atoms with Gasteiger partial charge in [-0.3, -0.25) is 9.59 Å². The van der Waals surface area contributed by atoms with Crippen molar-refractivity contribution in [1.29, 1.82) is 0 Å². The molecule has 0 aliphatic carbocycles. The number of ketones is 1. The van der Waals surface area contributed by atoms with Crippen molar-refractivity contribution in [3.05, 3.63) is 59.9 Å². The first-order valence-electron chi connectivity index (χ1n) is 9.03. The molecule has 1 fully saturated rings. The number of para-hydroxylation sites is 2. The van der Waals surface area contributed by atoms with Crippen molar-refractivity contribution in [3.8, 4) is 5.75 Å². The predicted molar refractivity (Wildman–Crippen MR) is 102 cm³/mol. The first-order chi connectivity index (χ1) is 13.1. The fourth-order valence-corrected chi connectivity index (χ4v) is 3.29. The van der Waals surface area contributed by atoms with Crippen LogP contribution in [0.2, 0.25) is 0 Å². The second kappa shape index (κ2) is 8.66. The smallest absolute Gasteiger partial charge is 0.223 e. The Bertz CT molecular complexity index is 817. The van der Waals surface area contributed by atoms with Crippen LogP contribution in [0.1, 0.15) is 23.2 Å². The van der Waals surface area contributed by atoms with Crippen molar-refractivity contribution in [3.63, 3.8) is 0 Å². The lowest BCUT2D eigenvalue weighted by molar-refractivity contribution is -0.131. The summed E-state index contributed by atoms with van der Waals surface area (Å²) in [5.74, 6) is -0.137. The number of amides is 1. The quantitative estimate of drug-likeness (QED) is 0.733. The van der Waals surface area contributed by atoms with Crippen molar-refractivity contribution in [2.45, 2.75) is 12.8 Å². The minimum atomic E-state index is -0.541. The van der Waals surface area contributed by atoms with E-state index in [1.54, 1.807) is 24.1 Å². The van der Waals surface area contributed by atoms with Crippen LogP contribution in [-0.2, 0) is 4.79 Å². The van der Waals surface area contributed by atoms with E-state index in [1.807, 2.05) is 24.3 Å². The number of hydrogen-bond acceptors (Lipinski definition) is 4. The molecule has 0 N–H and O–H groups in total. The molecule has 1 saturated heterocycles. The SMILES string of the molecule is COc1ccccc1N1CCN(C(=O)CCC(=O)c2ccccc2F)CC1. The highest BCUT2D eigenvalue weighted by Crippen LogP contribution is 2.28. The Morgan fingerprint density at radius 1 is 0.963 bits per heavy atom. The summed E-state index contributed by atoms with van der Waals surface area (Å²) in [6.45, 7) is 2.58. The fourth-order valence-electron chi connectivity index (χ4n) is 3.29. The Labute approximate surface area is 158 Å². The Morgan fingerprint density at radius 2 is 1.63 bits per heavy atom. The molecule has 2 aromatic rings. The molecule has 1 heterocycles. The number of halogens is 1. The van der Waals surface area contributed by atoms with Gasteiger partial charge in [-0.25, -0.2) is 4.39 Å². The molecule has 6 heteroatoms. The maximum Gasteiger partial charge on any atom is 0.223 e. The van der Waals surface area contributed by atoms with Gasteiger partial charge in [0.2, 0.25) is 5.91 Å². The summed E-state index contributed by atoms with van der Waals surface area (Å²) in [4.78, 5) is 28.5. The van der Waals surface area contributed by atoms with Crippen LogP contribution < -0.4 is 9.64 Å². The molecule has 0 atom stereocenters. The van der Waals surface area contributed by atoms with Crippen LogP contribution in [-0.4, -0.2) is 49.9 Å². The van der Waals surface area contributed by atoms with Gasteiger partial charge in [-0.2, -0.15) is 0 Å². The number of carbonyl (C=O) groups excluding carboxylic acids is 2. The second-order valence-corrected chi connectivity index (χ2v) is 6.44. The van der Waals surface area contributed by atoms with Crippen molar-refractivity contribution in [2.75, 3.05) is 38.2 Å². The maximum atomic E-state index is 13.7. The van der Waals surface area contributed by atoms with Gasteiger partial charge in [-0.05, 0) is 24.3 Å². The van der Waals surface area contributed by atoms with Crippen LogP contribution in [0.25, 0.3) is 0 Å². The summed E-state index contributed by atoms with van der Waals surface area (Å²) < 4.78 is 19.1. The molecule has 142 valence electrons. The molecule has 0 saturated carbocycles. The summed E-state index contributed by atoms with van der Waals surface area (Å²) in [6.07, 6.45) is 0.119. The van der Waals surface area contributed by atoms with Gasteiger partial charge in [0.15, 0.2) is 5.78 Å². The lowest BCUT2D eigenvalue weighted by Gasteiger charge is -2.36. The minimum absolute atomic E-state index is 0.0203. The number of methoxy groups -OCH3 is 1. The Morgan fingerprint density at radius 3 is 2.33 bits per heavy atom. The minimum Gasteiger partial charge on any atom is -0.495 e. The molecule has 0 radical (unpaired) electrons. The Hall–Kier alpha value is -2.89. The number of anilines is 1. The third kappa shape index (κ3) is 4.45. The molecular weight excluding hydrogens is 347 g/mol. The normalized spacial score (nSPS) is 14.1. The number of rotatable bonds is 6. The lowest BCUT2D eigenvalue weighted by atomic mass is 10.1. The topological polar surface area (TPSA) is 49.9 Å². The number of benzene rings is 2. The van der Waals surface area contributed by atoms with Crippen LogP contribution in [0, 0.1) is 5.82 Å². The number of nitrogens with zero attached hydrogens (tertiary/aromatic N) is 2. The van der Waals surface area contributed by atoms with Crippen LogP contribution in [0.5, 0.6) is 5.75 Å². The summed E-state index contributed by atoms with van der Waals surface area (Å²) in [5.41, 5.74) is 1.06. The molecule has 2 aromatic carbocycles. The van der Waals surface area contributed by atoms with Gasteiger partial charge in [0, 0.05) is 39.0 Å². The standard InChI is InChI=1S/C21H23FN2O3/c1-27-20-9-5-4-8-18(20)23-12-14-24(15-13-23)21(26)11-10-19(25)16-6-2-3-7-17(16)22/h2-9H,10-15H2,1H3. The molecule has 5 nitrogen and oxygen atoms in total. The number of ether oxygens (including phenoxy) is 1. The summed E-state index contributed by atoms with van der Waals surface area (Å²) >= 11 is 0. The molecule has 0 bridgehead atoms. The average Bonchev–Trinajstić information content (AvgIpc) is 2.72. The molecule has 0 unspecified atom stereocenters. The predicted octanol–water partition coefficient (Wildman–Crippen LogP) is 3.15. The highest BCUT2D eigenvalue weighted by Gasteiger charge is 2.23. The highest BCUT2D eigenvalue weighted by atomic mass is 19.1. The van der Waals surface area contributed by atoms with Gasteiger partial charge in [-0.15, -0.1) is 0 Å². The van der Waals surface area contributed by atoms with Crippen molar-refractivity contribution in [1.82, 2.24) is 4.90 Å². The molecule has 1 amide bonds. The van der Waals surface area contributed by atoms with E-state index in [0.717, 1.165) is 11.4 Å². The Kier molecular flexibility index (Phi) is 6.06. The highest BCUT2D eigenvalue weighted by molar-refractivity contribution is 5.98. The largest absolute Gasteiger partial charge is 0.495 e. The molecule has 3 rings (SSSR count). The van der Waals surface area contributed by atoms with Crippen molar-refractivity contribution in [2.24, 2.45) is 0 Å². The Balaban J connectivity index is 1.51. The van der Waals surface area contributed by atoms with Crippen molar-refractivity contribution < 1.29 is 18.7 Å². The zero-order valence-electron chi connectivity index (χ0n) is 15.4. The number of hydrogen-bond donors (Lipinski definition) is 0. The molecule has 27 heavy (non-hydrogen) atoms. The number of carbonyl (C=O) groups is 2. The monoisotopic (exact) mass is 370 g/mol. The van der Waals surface area contributed by atoms with Crippen LogP contribution >= 0.6 is 0 Å². The molecule has 1 aliphatic heterocycles. The first kappa shape index (κ1) is 18.9. The lowest BCUT2D eigenvalue weighted by Crippen LogP contribution is -2.48. The fraction of sp³-hybridized carbons (Fsp3) is 0.333. The van der Waals surface area contributed by atoms with E-state index in [4.69, 9.17) is 4.74 Å². The van der Waals surface area contributed by atoms with Crippen LogP contribution in [0.4, 0.5) is 10.1 Å². The van der Waals surface area contributed by atoms with Crippen LogP contribution in [0.3, 0.4) is 0 Å². The average molecular weight is 370 g/mol. The van der Waals surface area contributed by atoms with E-state index in [1.165, 1.54) is 12.1 Å². The van der Waals surface area contributed by atoms with E-state index in [9.17, 15) is 14.0 Å². The van der Waals surface area contributed by atoms with E-state index < -0.39 is 5.82 Å². The van der Waals surface area contributed by atoms with Gasteiger partial charge < -0.3 is 14.5 Å². The third-order valence-electron chi connectivity index (χ3n) is 4.80. The van der Waals surface area contributed by atoms with E-state index >= 15 is 0 Å². The second-order valence-electron chi connectivity index (χ2n) is 6.44.